The third kappa shape index (κ3) is 3.68. The highest BCUT2D eigenvalue weighted by Gasteiger charge is 2.19. The summed E-state index contributed by atoms with van der Waals surface area (Å²) in [6.45, 7) is 1.87. The standard InChI is InChI=1S/C13H15N3O4/c1-3-4-9(8-14)13(17)15-10-5-6-12(20-2)11(7-10)16(18)19/h5-7,9H,3-4H2,1-2H3,(H,15,17). The van der Waals surface area contributed by atoms with Crippen LogP contribution >= 0.6 is 0 Å². The number of methoxy groups -OCH3 is 1. The van der Waals surface area contributed by atoms with Crippen LogP contribution in [-0.4, -0.2) is 17.9 Å². The average molecular weight is 277 g/mol. The van der Waals surface area contributed by atoms with Crippen molar-refractivity contribution in [1.82, 2.24) is 0 Å². The second-order valence-corrected chi connectivity index (χ2v) is 4.10. The van der Waals surface area contributed by atoms with Crippen LogP contribution in [-0.2, 0) is 4.79 Å². The van der Waals surface area contributed by atoms with Crippen LogP contribution in [0.25, 0.3) is 0 Å². The maximum Gasteiger partial charge on any atom is 0.312 e. The molecule has 0 bridgehead atoms. The number of carbonyl (C=O) groups excluding carboxylic acids is 1. The lowest BCUT2D eigenvalue weighted by atomic mass is 10.0. The van der Waals surface area contributed by atoms with Crippen molar-refractivity contribution in [3.63, 3.8) is 0 Å². The number of nitro groups is 1. The molecule has 0 saturated carbocycles. The SMILES string of the molecule is CCCC(C#N)C(=O)Nc1ccc(OC)c([N+](=O)[O-])c1. The summed E-state index contributed by atoms with van der Waals surface area (Å²) in [7, 11) is 1.33. The fraction of sp³-hybridized carbons (Fsp3) is 0.385. The van der Waals surface area contributed by atoms with Crippen molar-refractivity contribution in [2.75, 3.05) is 12.4 Å². The molecule has 0 radical (unpaired) electrons. The number of hydrogen-bond acceptors (Lipinski definition) is 5. The Kier molecular flexibility index (Phi) is 5.47. The fourth-order valence-electron chi connectivity index (χ4n) is 1.68. The van der Waals surface area contributed by atoms with E-state index >= 15 is 0 Å². The second-order valence-electron chi connectivity index (χ2n) is 4.10. The van der Waals surface area contributed by atoms with Gasteiger partial charge in [-0.25, -0.2) is 0 Å². The summed E-state index contributed by atoms with van der Waals surface area (Å²) in [6, 6.07) is 6.01. The molecular formula is C13H15N3O4. The minimum Gasteiger partial charge on any atom is -0.490 e. The molecule has 1 rings (SSSR count). The van der Waals surface area contributed by atoms with Gasteiger partial charge in [0.2, 0.25) is 5.91 Å². The number of anilines is 1. The number of carbonyl (C=O) groups is 1. The number of nitriles is 1. The van der Waals surface area contributed by atoms with Gasteiger partial charge in [-0.1, -0.05) is 13.3 Å². The molecule has 20 heavy (non-hydrogen) atoms. The fourth-order valence-corrected chi connectivity index (χ4v) is 1.68. The maximum atomic E-state index is 11.8. The number of ether oxygens (including phenoxy) is 1. The Bertz CT molecular complexity index is 551. The summed E-state index contributed by atoms with van der Waals surface area (Å²) in [4.78, 5) is 22.1. The Labute approximate surface area is 116 Å². The minimum atomic E-state index is -0.763. The monoisotopic (exact) mass is 277 g/mol. The lowest BCUT2D eigenvalue weighted by Crippen LogP contribution is -2.21. The van der Waals surface area contributed by atoms with E-state index in [0.717, 1.165) is 0 Å². The number of nitrogens with zero attached hydrogens (tertiary/aromatic N) is 2. The van der Waals surface area contributed by atoms with Crippen molar-refractivity contribution in [1.29, 1.82) is 5.26 Å². The number of rotatable bonds is 6. The number of nitrogens with one attached hydrogen (secondary N) is 1. The molecule has 1 unspecified atom stereocenters. The van der Waals surface area contributed by atoms with Crippen molar-refractivity contribution in [2.24, 2.45) is 5.92 Å². The van der Waals surface area contributed by atoms with Gasteiger partial charge in [-0.3, -0.25) is 14.9 Å². The van der Waals surface area contributed by atoms with Crippen molar-refractivity contribution in [3.05, 3.63) is 28.3 Å². The summed E-state index contributed by atoms with van der Waals surface area (Å²) in [5.41, 5.74) is 0.0214. The van der Waals surface area contributed by atoms with Crippen LogP contribution in [0.1, 0.15) is 19.8 Å². The first-order chi connectivity index (χ1) is 9.53. The molecule has 1 atom stereocenters. The smallest absolute Gasteiger partial charge is 0.312 e. The van der Waals surface area contributed by atoms with Gasteiger partial charge in [0.15, 0.2) is 5.75 Å². The molecule has 1 amide bonds. The van der Waals surface area contributed by atoms with Crippen molar-refractivity contribution in [2.45, 2.75) is 19.8 Å². The molecule has 1 N–H and O–H groups in total. The molecule has 1 aromatic carbocycles. The molecule has 0 aromatic heterocycles. The van der Waals surface area contributed by atoms with E-state index in [1.54, 1.807) is 0 Å². The van der Waals surface area contributed by atoms with E-state index in [-0.39, 0.29) is 17.1 Å². The summed E-state index contributed by atoms with van der Waals surface area (Å²) >= 11 is 0. The Morgan fingerprint density at radius 3 is 2.80 bits per heavy atom. The highest BCUT2D eigenvalue weighted by atomic mass is 16.6. The second kappa shape index (κ2) is 7.09. The van der Waals surface area contributed by atoms with Gasteiger partial charge in [-0.2, -0.15) is 5.26 Å². The predicted octanol–water partition coefficient (Wildman–Crippen LogP) is 2.48. The quantitative estimate of drug-likeness (QED) is 0.635. The highest BCUT2D eigenvalue weighted by molar-refractivity contribution is 5.94. The zero-order valence-electron chi connectivity index (χ0n) is 11.3. The van der Waals surface area contributed by atoms with Crippen LogP contribution in [0.5, 0.6) is 5.75 Å². The van der Waals surface area contributed by atoms with E-state index in [1.165, 1.54) is 25.3 Å². The molecule has 0 heterocycles. The minimum absolute atomic E-state index is 0.110. The van der Waals surface area contributed by atoms with Crippen LogP contribution in [0.4, 0.5) is 11.4 Å². The van der Waals surface area contributed by atoms with E-state index in [0.29, 0.717) is 12.8 Å². The molecule has 0 spiro atoms. The summed E-state index contributed by atoms with van der Waals surface area (Å²) < 4.78 is 4.87. The molecule has 7 nitrogen and oxygen atoms in total. The molecule has 0 saturated heterocycles. The third-order valence-electron chi connectivity index (χ3n) is 2.69. The number of benzene rings is 1. The normalized spacial score (nSPS) is 11.2. The average Bonchev–Trinajstić information content (AvgIpc) is 2.44. The zero-order chi connectivity index (χ0) is 15.1. The molecule has 0 aliphatic heterocycles. The maximum absolute atomic E-state index is 11.8. The van der Waals surface area contributed by atoms with Gasteiger partial charge in [-0.05, 0) is 18.6 Å². The van der Waals surface area contributed by atoms with Gasteiger partial charge in [0.25, 0.3) is 0 Å². The highest BCUT2D eigenvalue weighted by Crippen LogP contribution is 2.29. The first-order valence-corrected chi connectivity index (χ1v) is 6.06. The molecule has 0 aliphatic rings. The lowest BCUT2D eigenvalue weighted by molar-refractivity contribution is -0.385. The summed E-state index contributed by atoms with van der Waals surface area (Å²) in [5.74, 6) is -1.12. The van der Waals surface area contributed by atoms with Gasteiger partial charge >= 0.3 is 5.69 Å². The van der Waals surface area contributed by atoms with Gasteiger partial charge < -0.3 is 10.1 Å². The molecular weight excluding hydrogens is 262 g/mol. The Hall–Kier alpha value is -2.62. The third-order valence-corrected chi connectivity index (χ3v) is 2.69. The Morgan fingerprint density at radius 1 is 1.60 bits per heavy atom. The molecule has 106 valence electrons. The summed E-state index contributed by atoms with van der Waals surface area (Å²) in [6.07, 6.45) is 1.15. The van der Waals surface area contributed by atoms with Crippen molar-refractivity contribution < 1.29 is 14.5 Å². The van der Waals surface area contributed by atoms with Gasteiger partial charge in [0.05, 0.1) is 18.1 Å². The van der Waals surface area contributed by atoms with Crippen molar-refractivity contribution in [3.8, 4) is 11.8 Å². The first-order valence-electron chi connectivity index (χ1n) is 6.06. The van der Waals surface area contributed by atoms with E-state index in [4.69, 9.17) is 10.00 Å². The van der Waals surface area contributed by atoms with Crippen molar-refractivity contribution >= 4 is 17.3 Å². The zero-order valence-corrected chi connectivity index (χ0v) is 11.3. The molecule has 1 aromatic rings. The topological polar surface area (TPSA) is 105 Å². The summed E-state index contributed by atoms with van der Waals surface area (Å²) in [5, 5.41) is 22.3. The van der Waals surface area contributed by atoms with E-state index < -0.39 is 16.7 Å². The van der Waals surface area contributed by atoms with Gasteiger partial charge in [0, 0.05) is 11.8 Å². The first kappa shape index (κ1) is 15.4. The van der Waals surface area contributed by atoms with Crippen LogP contribution in [0, 0.1) is 27.4 Å². The number of hydrogen-bond donors (Lipinski definition) is 1. The van der Waals surface area contributed by atoms with E-state index in [1.807, 2.05) is 13.0 Å². The van der Waals surface area contributed by atoms with Crippen LogP contribution in [0.15, 0.2) is 18.2 Å². The van der Waals surface area contributed by atoms with E-state index in [2.05, 4.69) is 5.32 Å². The molecule has 7 heteroatoms. The predicted molar refractivity (Wildman–Crippen MR) is 72.3 cm³/mol. The largest absolute Gasteiger partial charge is 0.490 e. The molecule has 0 fully saturated rings. The lowest BCUT2D eigenvalue weighted by Gasteiger charge is -2.10. The van der Waals surface area contributed by atoms with Gasteiger partial charge in [0.1, 0.15) is 5.92 Å². The Morgan fingerprint density at radius 2 is 2.30 bits per heavy atom. The van der Waals surface area contributed by atoms with Crippen LogP contribution < -0.4 is 10.1 Å². The number of nitro benzene ring substituents is 1. The van der Waals surface area contributed by atoms with Crippen LogP contribution in [0.3, 0.4) is 0 Å². The molecule has 0 aliphatic carbocycles. The van der Waals surface area contributed by atoms with E-state index in [9.17, 15) is 14.9 Å². The Balaban J connectivity index is 2.93. The van der Waals surface area contributed by atoms with Crippen LogP contribution in [0.2, 0.25) is 0 Å². The van der Waals surface area contributed by atoms with Gasteiger partial charge in [-0.15, -0.1) is 0 Å². The number of amides is 1.